The van der Waals surface area contributed by atoms with Crippen molar-refractivity contribution in [2.45, 2.75) is 24.9 Å². The third-order valence-electron chi connectivity index (χ3n) is 8.55. The number of fused-ring (bicyclic) bond motifs is 5. The number of halogens is 1. The summed E-state index contributed by atoms with van der Waals surface area (Å²) in [5, 5.41) is 0.533. The molecule has 1 aliphatic carbocycles. The Hall–Kier alpha value is -4.28. The zero-order chi connectivity index (χ0) is 26.9. The molecule has 4 aromatic carbocycles. The fourth-order valence-electron chi connectivity index (χ4n) is 6.85. The Morgan fingerprint density at radius 2 is 1.41 bits per heavy atom. The van der Waals surface area contributed by atoms with Gasteiger partial charge in [0.2, 0.25) is 0 Å². The number of para-hydroxylation sites is 1. The molecular weight excluding hydrogens is 506 g/mol. The first kappa shape index (κ1) is 23.8. The Labute approximate surface area is 231 Å². The van der Waals surface area contributed by atoms with Crippen LogP contribution in [-0.4, -0.2) is 29.4 Å². The Morgan fingerprint density at radius 1 is 0.795 bits per heavy atom. The predicted molar refractivity (Wildman–Crippen MR) is 153 cm³/mol. The average molecular weight is 530 g/mol. The zero-order valence-electron chi connectivity index (χ0n) is 21.2. The SMILES string of the molecule is Cc1ccc([C@H]2[C@H](C(=O)c3ccc(Cl)cc3)N3c4ccccc4C=C[C@H]3C23C(=O)c2ccccc2C3=O)cc1. The number of carbonyl (C=O) groups is 3. The number of hydrogen-bond acceptors (Lipinski definition) is 4. The second-order valence-corrected chi connectivity index (χ2v) is 11.0. The van der Waals surface area contributed by atoms with Crippen molar-refractivity contribution in [1.82, 2.24) is 0 Å². The van der Waals surface area contributed by atoms with Crippen molar-refractivity contribution in [2.24, 2.45) is 5.41 Å². The smallest absolute Gasteiger partial charge is 0.185 e. The first-order chi connectivity index (χ1) is 18.9. The average Bonchev–Trinajstić information content (AvgIpc) is 3.40. The molecule has 1 saturated heterocycles. The maximum Gasteiger partial charge on any atom is 0.185 e. The number of hydrogen-bond donors (Lipinski definition) is 0. The molecule has 3 atom stereocenters. The predicted octanol–water partition coefficient (Wildman–Crippen LogP) is 6.96. The lowest BCUT2D eigenvalue weighted by Gasteiger charge is -2.37. The molecule has 0 amide bonds. The van der Waals surface area contributed by atoms with Gasteiger partial charge in [0.15, 0.2) is 17.3 Å². The molecule has 0 N–H and O–H groups in total. The lowest BCUT2D eigenvalue weighted by Crippen LogP contribution is -2.48. The molecule has 4 nitrogen and oxygen atoms in total. The Kier molecular flexibility index (Phi) is 5.26. The number of carbonyl (C=O) groups excluding carboxylic acids is 3. The molecule has 0 aromatic heterocycles. The van der Waals surface area contributed by atoms with Crippen molar-refractivity contribution in [1.29, 1.82) is 0 Å². The summed E-state index contributed by atoms with van der Waals surface area (Å²) < 4.78 is 0. The fraction of sp³-hybridized carbons (Fsp3) is 0.147. The van der Waals surface area contributed by atoms with Gasteiger partial charge in [-0.25, -0.2) is 0 Å². The van der Waals surface area contributed by atoms with Gasteiger partial charge in [0.25, 0.3) is 0 Å². The molecule has 0 saturated carbocycles. The van der Waals surface area contributed by atoms with Gasteiger partial charge >= 0.3 is 0 Å². The van der Waals surface area contributed by atoms with Crippen molar-refractivity contribution >= 4 is 40.7 Å². The quantitative estimate of drug-likeness (QED) is 0.212. The van der Waals surface area contributed by atoms with E-state index in [1.165, 1.54) is 0 Å². The molecule has 4 aromatic rings. The number of ketones is 3. The van der Waals surface area contributed by atoms with Gasteiger partial charge in [-0.05, 0) is 48.4 Å². The van der Waals surface area contributed by atoms with Crippen LogP contribution in [0.1, 0.15) is 53.7 Å². The van der Waals surface area contributed by atoms with Gasteiger partial charge in [-0.3, -0.25) is 14.4 Å². The molecule has 2 aliphatic heterocycles. The van der Waals surface area contributed by atoms with E-state index in [0.29, 0.717) is 21.7 Å². The van der Waals surface area contributed by atoms with Gasteiger partial charge in [0.1, 0.15) is 11.5 Å². The number of nitrogens with zero attached hydrogens (tertiary/aromatic N) is 1. The zero-order valence-corrected chi connectivity index (χ0v) is 21.9. The summed E-state index contributed by atoms with van der Waals surface area (Å²) in [5.41, 5.74) is 3.47. The van der Waals surface area contributed by atoms with Crippen LogP contribution in [-0.2, 0) is 0 Å². The largest absolute Gasteiger partial charge is 0.352 e. The molecule has 1 fully saturated rings. The van der Waals surface area contributed by atoms with E-state index < -0.39 is 23.4 Å². The second-order valence-electron chi connectivity index (χ2n) is 10.5. The van der Waals surface area contributed by atoms with Gasteiger partial charge in [0, 0.05) is 33.3 Å². The van der Waals surface area contributed by atoms with Crippen molar-refractivity contribution in [3.05, 3.63) is 142 Å². The molecule has 1 spiro atoms. The van der Waals surface area contributed by atoms with E-state index in [9.17, 15) is 14.4 Å². The van der Waals surface area contributed by atoms with Crippen molar-refractivity contribution in [3.8, 4) is 0 Å². The number of anilines is 1. The molecule has 39 heavy (non-hydrogen) atoms. The highest BCUT2D eigenvalue weighted by Crippen LogP contribution is 2.60. The number of Topliss-reactive ketones (excluding diaryl/α,β-unsaturated/α-hetero) is 3. The van der Waals surface area contributed by atoms with Gasteiger partial charge in [-0.2, -0.15) is 0 Å². The molecule has 0 bridgehead atoms. The second kappa shape index (κ2) is 8.62. The first-order valence-electron chi connectivity index (χ1n) is 13.0. The highest BCUT2D eigenvalue weighted by Gasteiger charge is 2.71. The van der Waals surface area contributed by atoms with Crippen LogP contribution >= 0.6 is 11.6 Å². The molecule has 0 unspecified atom stereocenters. The summed E-state index contributed by atoms with van der Waals surface area (Å²) in [6, 6.07) is 28.2. The van der Waals surface area contributed by atoms with Crippen LogP contribution < -0.4 is 4.90 Å². The lowest BCUT2D eigenvalue weighted by molar-refractivity contribution is 0.0666. The Bertz CT molecular complexity index is 1670. The van der Waals surface area contributed by atoms with Gasteiger partial charge in [-0.15, -0.1) is 0 Å². The van der Waals surface area contributed by atoms with Crippen LogP contribution in [0.3, 0.4) is 0 Å². The van der Waals surface area contributed by atoms with E-state index >= 15 is 0 Å². The van der Waals surface area contributed by atoms with E-state index in [1.54, 1.807) is 48.5 Å². The minimum absolute atomic E-state index is 0.152. The topological polar surface area (TPSA) is 54.5 Å². The molecule has 2 heterocycles. The molecule has 3 aliphatic rings. The number of aryl methyl sites for hydroxylation is 1. The van der Waals surface area contributed by atoms with Gasteiger partial charge < -0.3 is 4.90 Å². The normalized spacial score (nSPS) is 22.1. The molecular formula is C34H24ClNO3. The van der Waals surface area contributed by atoms with Crippen LogP contribution in [0.15, 0.2) is 103 Å². The summed E-state index contributed by atoms with van der Waals surface area (Å²) in [6.07, 6.45) is 3.92. The van der Waals surface area contributed by atoms with Crippen LogP contribution in [0, 0.1) is 12.3 Å². The van der Waals surface area contributed by atoms with Crippen LogP contribution in [0.25, 0.3) is 6.08 Å². The monoisotopic (exact) mass is 529 g/mol. The van der Waals surface area contributed by atoms with Crippen LogP contribution in [0.4, 0.5) is 5.69 Å². The van der Waals surface area contributed by atoms with Crippen LogP contribution in [0.5, 0.6) is 0 Å². The third kappa shape index (κ3) is 3.22. The highest BCUT2D eigenvalue weighted by molar-refractivity contribution is 6.32. The summed E-state index contributed by atoms with van der Waals surface area (Å²) in [4.78, 5) is 45.8. The van der Waals surface area contributed by atoms with Gasteiger partial charge in [0.05, 0.1) is 6.04 Å². The lowest BCUT2D eigenvalue weighted by atomic mass is 9.64. The first-order valence-corrected chi connectivity index (χ1v) is 13.4. The van der Waals surface area contributed by atoms with E-state index in [1.807, 2.05) is 72.5 Å². The summed E-state index contributed by atoms with van der Waals surface area (Å²) >= 11 is 6.16. The molecule has 7 rings (SSSR count). The number of rotatable bonds is 3. The molecule has 190 valence electrons. The summed E-state index contributed by atoms with van der Waals surface area (Å²) in [7, 11) is 0. The van der Waals surface area contributed by atoms with Gasteiger partial charge in [-0.1, -0.05) is 96.0 Å². The van der Waals surface area contributed by atoms with Crippen molar-refractivity contribution < 1.29 is 14.4 Å². The molecule has 5 heteroatoms. The van der Waals surface area contributed by atoms with E-state index in [2.05, 4.69) is 0 Å². The maximum absolute atomic E-state index is 14.6. The van der Waals surface area contributed by atoms with E-state index in [0.717, 1.165) is 22.4 Å². The highest BCUT2D eigenvalue weighted by atomic mass is 35.5. The Balaban J connectivity index is 1.54. The summed E-state index contributed by atoms with van der Waals surface area (Å²) in [5.74, 6) is -1.31. The standard InChI is InChI=1S/C34H24ClNO3/c1-20-10-12-22(13-11-20)29-30(31(37)23-14-17-24(35)18-15-23)36-27-9-5-2-6-21(27)16-19-28(36)34(29)32(38)25-7-3-4-8-26(25)33(34)39/h2-19,28-30H,1H3/t28-,29-,30+/m0/s1. The minimum atomic E-state index is -1.49. The summed E-state index contributed by atoms with van der Waals surface area (Å²) in [6.45, 7) is 1.99. The Morgan fingerprint density at radius 3 is 2.08 bits per heavy atom. The van der Waals surface area contributed by atoms with Crippen molar-refractivity contribution in [2.75, 3.05) is 4.90 Å². The third-order valence-corrected chi connectivity index (χ3v) is 8.80. The van der Waals surface area contributed by atoms with Crippen LogP contribution in [0.2, 0.25) is 5.02 Å². The number of benzene rings is 4. The van der Waals surface area contributed by atoms with Crippen molar-refractivity contribution in [3.63, 3.8) is 0 Å². The van der Waals surface area contributed by atoms with E-state index in [-0.39, 0.29) is 17.3 Å². The van der Waals surface area contributed by atoms with E-state index in [4.69, 9.17) is 11.6 Å². The molecule has 0 radical (unpaired) electrons. The fourth-order valence-corrected chi connectivity index (χ4v) is 6.98. The minimum Gasteiger partial charge on any atom is -0.352 e. The maximum atomic E-state index is 14.6.